The van der Waals surface area contributed by atoms with E-state index in [0.717, 1.165) is 23.6 Å². The Labute approximate surface area is 127 Å². The smallest absolute Gasteiger partial charge is 0.128 e. The molecular weight excluding hydrogens is 258 g/mol. The van der Waals surface area contributed by atoms with Gasteiger partial charge in [-0.05, 0) is 50.2 Å². The summed E-state index contributed by atoms with van der Waals surface area (Å²) < 4.78 is 5.86. The number of para-hydroxylation sites is 1. The SMILES string of the molecule is CCNC(C)/C(C)=C/c1cccc(Oc2ccccc2)c1. The highest BCUT2D eigenvalue weighted by molar-refractivity contribution is 5.55. The summed E-state index contributed by atoms with van der Waals surface area (Å²) >= 11 is 0. The van der Waals surface area contributed by atoms with Crippen LogP contribution in [0.2, 0.25) is 0 Å². The van der Waals surface area contributed by atoms with Crippen LogP contribution in [0.25, 0.3) is 6.08 Å². The van der Waals surface area contributed by atoms with Crippen molar-refractivity contribution in [1.82, 2.24) is 5.32 Å². The molecule has 0 aliphatic carbocycles. The Morgan fingerprint density at radius 1 is 1.10 bits per heavy atom. The molecule has 1 N–H and O–H groups in total. The van der Waals surface area contributed by atoms with Crippen LogP contribution in [0.5, 0.6) is 11.5 Å². The van der Waals surface area contributed by atoms with Gasteiger partial charge in [0.1, 0.15) is 11.5 Å². The second-order valence-electron chi connectivity index (χ2n) is 5.16. The van der Waals surface area contributed by atoms with Crippen LogP contribution in [-0.2, 0) is 0 Å². The zero-order valence-corrected chi connectivity index (χ0v) is 13.0. The van der Waals surface area contributed by atoms with Crippen LogP contribution < -0.4 is 10.1 Å². The number of benzene rings is 2. The molecule has 2 heteroatoms. The van der Waals surface area contributed by atoms with Crippen molar-refractivity contribution < 1.29 is 4.74 Å². The van der Waals surface area contributed by atoms with Crippen molar-refractivity contribution in [1.29, 1.82) is 0 Å². The topological polar surface area (TPSA) is 21.3 Å². The zero-order chi connectivity index (χ0) is 15.1. The third-order valence-electron chi connectivity index (χ3n) is 3.42. The minimum Gasteiger partial charge on any atom is -0.457 e. The Kier molecular flexibility index (Phi) is 5.59. The molecule has 1 atom stereocenters. The van der Waals surface area contributed by atoms with Gasteiger partial charge in [-0.15, -0.1) is 0 Å². The van der Waals surface area contributed by atoms with Crippen molar-refractivity contribution in [2.24, 2.45) is 0 Å². The summed E-state index contributed by atoms with van der Waals surface area (Å²) in [5.41, 5.74) is 2.47. The number of nitrogens with one attached hydrogen (secondary N) is 1. The molecule has 0 heterocycles. The molecule has 0 radical (unpaired) electrons. The predicted octanol–water partition coefficient (Wildman–Crippen LogP) is 4.88. The van der Waals surface area contributed by atoms with Crippen LogP contribution >= 0.6 is 0 Å². The molecule has 2 aromatic carbocycles. The molecule has 0 aliphatic heterocycles. The lowest BCUT2D eigenvalue weighted by Gasteiger charge is -2.13. The van der Waals surface area contributed by atoms with Gasteiger partial charge in [-0.2, -0.15) is 0 Å². The van der Waals surface area contributed by atoms with E-state index in [4.69, 9.17) is 4.74 Å². The molecule has 0 bridgehead atoms. The van der Waals surface area contributed by atoms with Crippen LogP contribution in [0, 0.1) is 0 Å². The first-order valence-electron chi connectivity index (χ1n) is 7.43. The molecule has 110 valence electrons. The van der Waals surface area contributed by atoms with E-state index in [1.165, 1.54) is 5.57 Å². The van der Waals surface area contributed by atoms with Crippen molar-refractivity contribution in [2.45, 2.75) is 26.8 Å². The molecule has 2 aromatic rings. The first-order valence-corrected chi connectivity index (χ1v) is 7.43. The van der Waals surface area contributed by atoms with Crippen LogP contribution in [-0.4, -0.2) is 12.6 Å². The highest BCUT2D eigenvalue weighted by Gasteiger charge is 2.03. The van der Waals surface area contributed by atoms with Gasteiger partial charge in [0.25, 0.3) is 0 Å². The van der Waals surface area contributed by atoms with E-state index >= 15 is 0 Å². The van der Waals surface area contributed by atoms with Gasteiger partial charge in [0.2, 0.25) is 0 Å². The van der Waals surface area contributed by atoms with Crippen molar-refractivity contribution in [3.63, 3.8) is 0 Å². The number of ether oxygens (including phenoxy) is 1. The first-order chi connectivity index (χ1) is 10.2. The number of hydrogen-bond donors (Lipinski definition) is 1. The van der Waals surface area contributed by atoms with Crippen LogP contribution in [0.15, 0.2) is 60.2 Å². The van der Waals surface area contributed by atoms with E-state index in [9.17, 15) is 0 Å². The summed E-state index contributed by atoms with van der Waals surface area (Å²) in [7, 11) is 0. The van der Waals surface area contributed by atoms with Crippen LogP contribution in [0.4, 0.5) is 0 Å². The maximum absolute atomic E-state index is 5.86. The summed E-state index contributed by atoms with van der Waals surface area (Å²) in [5.74, 6) is 1.72. The van der Waals surface area contributed by atoms with E-state index in [1.54, 1.807) is 0 Å². The maximum atomic E-state index is 5.86. The van der Waals surface area contributed by atoms with E-state index < -0.39 is 0 Å². The van der Waals surface area contributed by atoms with Crippen molar-refractivity contribution in [2.75, 3.05) is 6.54 Å². The highest BCUT2D eigenvalue weighted by atomic mass is 16.5. The van der Waals surface area contributed by atoms with E-state index in [-0.39, 0.29) is 0 Å². The van der Waals surface area contributed by atoms with Gasteiger partial charge < -0.3 is 10.1 Å². The van der Waals surface area contributed by atoms with Crippen molar-refractivity contribution >= 4 is 6.08 Å². The average Bonchev–Trinajstić information content (AvgIpc) is 2.49. The van der Waals surface area contributed by atoms with Crippen molar-refractivity contribution in [3.05, 3.63) is 65.7 Å². The molecule has 0 aromatic heterocycles. The summed E-state index contributed by atoms with van der Waals surface area (Å²) in [6.45, 7) is 7.43. The third kappa shape index (κ3) is 4.76. The fraction of sp³-hybridized carbons (Fsp3) is 0.263. The lowest BCUT2D eigenvalue weighted by Crippen LogP contribution is -2.26. The van der Waals surface area contributed by atoms with Gasteiger partial charge in [-0.1, -0.05) is 48.9 Å². The summed E-state index contributed by atoms with van der Waals surface area (Å²) in [5, 5.41) is 3.42. The third-order valence-corrected chi connectivity index (χ3v) is 3.42. The standard InChI is InChI=1S/C19H23NO/c1-4-20-16(3)15(2)13-17-9-8-12-19(14-17)21-18-10-6-5-7-11-18/h5-14,16,20H,4H2,1-3H3/b15-13+. The summed E-state index contributed by atoms with van der Waals surface area (Å²) in [6.07, 6.45) is 2.20. The first kappa shape index (κ1) is 15.3. The fourth-order valence-corrected chi connectivity index (χ4v) is 2.15. The Hall–Kier alpha value is -2.06. The van der Waals surface area contributed by atoms with Gasteiger partial charge in [0.15, 0.2) is 0 Å². The van der Waals surface area contributed by atoms with E-state index in [2.05, 4.69) is 44.3 Å². The monoisotopic (exact) mass is 281 g/mol. The predicted molar refractivity (Wildman–Crippen MR) is 89.7 cm³/mol. The minimum absolute atomic E-state index is 0.383. The normalized spacial score (nSPS) is 13.0. The molecule has 0 fully saturated rings. The number of rotatable bonds is 6. The largest absolute Gasteiger partial charge is 0.457 e. The van der Waals surface area contributed by atoms with Gasteiger partial charge >= 0.3 is 0 Å². The van der Waals surface area contributed by atoms with Gasteiger partial charge in [-0.25, -0.2) is 0 Å². The minimum atomic E-state index is 0.383. The van der Waals surface area contributed by atoms with E-state index in [1.807, 2.05) is 42.5 Å². The zero-order valence-electron chi connectivity index (χ0n) is 13.0. The molecule has 0 saturated heterocycles. The Morgan fingerprint density at radius 2 is 1.81 bits per heavy atom. The highest BCUT2D eigenvalue weighted by Crippen LogP contribution is 2.23. The van der Waals surface area contributed by atoms with Crippen LogP contribution in [0.1, 0.15) is 26.3 Å². The second-order valence-corrected chi connectivity index (χ2v) is 5.16. The molecule has 2 nitrogen and oxygen atoms in total. The summed E-state index contributed by atoms with van der Waals surface area (Å²) in [4.78, 5) is 0. The molecule has 0 aliphatic rings. The van der Waals surface area contributed by atoms with Crippen LogP contribution in [0.3, 0.4) is 0 Å². The van der Waals surface area contributed by atoms with Gasteiger partial charge in [0, 0.05) is 6.04 Å². The molecule has 1 unspecified atom stereocenters. The molecule has 2 rings (SSSR count). The average molecular weight is 281 g/mol. The summed E-state index contributed by atoms with van der Waals surface area (Å²) in [6, 6.07) is 18.4. The van der Waals surface area contributed by atoms with Gasteiger partial charge in [0.05, 0.1) is 0 Å². The second kappa shape index (κ2) is 7.65. The van der Waals surface area contributed by atoms with Gasteiger partial charge in [-0.3, -0.25) is 0 Å². The Balaban J connectivity index is 2.12. The number of hydrogen-bond acceptors (Lipinski definition) is 2. The van der Waals surface area contributed by atoms with Crippen molar-refractivity contribution in [3.8, 4) is 11.5 Å². The molecule has 0 spiro atoms. The number of likely N-dealkylation sites (N-methyl/N-ethyl adjacent to an activating group) is 1. The lowest BCUT2D eigenvalue weighted by molar-refractivity contribution is 0.482. The van der Waals surface area contributed by atoms with E-state index in [0.29, 0.717) is 6.04 Å². The molecule has 0 amide bonds. The Morgan fingerprint density at radius 3 is 2.52 bits per heavy atom. The molecule has 21 heavy (non-hydrogen) atoms. The Bertz CT molecular complexity index is 590. The maximum Gasteiger partial charge on any atom is 0.128 e. The fourth-order valence-electron chi connectivity index (χ4n) is 2.15. The molecular formula is C19H23NO. The quantitative estimate of drug-likeness (QED) is 0.814. The molecule has 0 saturated carbocycles. The lowest BCUT2D eigenvalue weighted by atomic mass is 10.1.